The first-order valence-electron chi connectivity index (χ1n) is 11.2. The van der Waals surface area contributed by atoms with Crippen LogP contribution in [0, 0.1) is 5.82 Å². The number of esters is 1. The molecule has 1 aliphatic heterocycles. The molecule has 0 spiro atoms. The Labute approximate surface area is 225 Å². The van der Waals surface area contributed by atoms with E-state index in [0.29, 0.717) is 11.3 Å². The molecule has 5 amide bonds. The molecule has 0 saturated carbocycles. The largest absolute Gasteiger partial charge is 0.482 e. The van der Waals surface area contributed by atoms with Gasteiger partial charge in [-0.05, 0) is 72.3 Å². The number of halogens is 2. The molecule has 0 radical (unpaired) electrons. The molecule has 0 atom stereocenters. The smallest absolute Gasteiger partial charge is 0.337 e. The summed E-state index contributed by atoms with van der Waals surface area (Å²) in [5, 5.41) is 4.74. The number of carbonyl (C=O) groups is 5. The molecule has 1 heterocycles. The summed E-state index contributed by atoms with van der Waals surface area (Å²) in [6.45, 7) is -0.385. The van der Waals surface area contributed by atoms with Crippen molar-refractivity contribution in [2.75, 3.05) is 23.9 Å². The normalized spacial score (nSPS) is 14.2. The van der Waals surface area contributed by atoms with Gasteiger partial charge in [0.15, 0.2) is 6.61 Å². The lowest BCUT2D eigenvalue weighted by atomic mass is 10.1. The summed E-state index contributed by atoms with van der Waals surface area (Å²) in [5.41, 5.74) is 0.736. The van der Waals surface area contributed by atoms with E-state index in [0.717, 1.165) is 4.90 Å². The van der Waals surface area contributed by atoms with Crippen molar-refractivity contribution < 1.29 is 37.8 Å². The van der Waals surface area contributed by atoms with Crippen LogP contribution in [0.5, 0.6) is 5.75 Å². The van der Waals surface area contributed by atoms with Crippen LogP contribution in [-0.4, -0.2) is 43.4 Å². The Kier molecular flexibility index (Phi) is 8.01. The summed E-state index contributed by atoms with van der Waals surface area (Å²) >= 11 is 6.27. The van der Waals surface area contributed by atoms with Gasteiger partial charge in [-0.1, -0.05) is 17.7 Å². The summed E-state index contributed by atoms with van der Waals surface area (Å²) in [6.07, 6.45) is 1.25. The summed E-state index contributed by atoms with van der Waals surface area (Å²) in [6, 6.07) is 14.1. The van der Waals surface area contributed by atoms with E-state index in [2.05, 4.69) is 15.4 Å². The number of amides is 5. The van der Waals surface area contributed by atoms with Gasteiger partial charge in [0, 0.05) is 5.69 Å². The third-order valence-electron chi connectivity index (χ3n) is 5.40. The number of ether oxygens (including phenoxy) is 2. The maximum Gasteiger partial charge on any atom is 0.337 e. The number of methoxy groups -OCH3 is 1. The molecule has 0 unspecified atom stereocenters. The highest BCUT2D eigenvalue weighted by molar-refractivity contribution is 6.39. The predicted octanol–water partition coefficient (Wildman–Crippen LogP) is 3.95. The van der Waals surface area contributed by atoms with Gasteiger partial charge in [0.2, 0.25) is 0 Å². The van der Waals surface area contributed by atoms with Crippen LogP contribution in [-0.2, 0) is 19.1 Å². The minimum Gasteiger partial charge on any atom is -0.482 e. The summed E-state index contributed by atoms with van der Waals surface area (Å²) < 4.78 is 23.1. The first-order valence-corrected chi connectivity index (χ1v) is 11.6. The number of nitrogens with one attached hydrogen (secondary N) is 2. The molecule has 3 aromatic carbocycles. The molecule has 0 aromatic heterocycles. The molecule has 1 saturated heterocycles. The lowest BCUT2D eigenvalue weighted by Gasteiger charge is -2.26. The number of anilines is 2. The Morgan fingerprint density at radius 3 is 2.36 bits per heavy atom. The minimum absolute atomic E-state index is 0.0916. The molecule has 3 aromatic rings. The maximum atomic E-state index is 13.1. The van der Waals surface area contributed by atoms with E-state index in [1.807, 2.05) is 0 Å². The molecular formula is C27H19ClFN3O7. The number of urea groups is 1. The number of rotatable bonds is 7. The number of hydrogen-bond donors (Lipinski definition) is 2. The van der Waals surface area contributed by atoms with Crippen molar-refractivity contribution in [3.05, 3.63) is 94.3 Å². The van der Waals surface area contributed by atoms with Crippen molar-refractivity contribution >= 4 is 58.8 Å². The van der Waals surface area contributed by atoms with Crippen LogP contribution in [0.4, 0.5) is 20.6 Å². The molecule has 4 rings (SSSR count). The fourth-order valence-electron chi connectivity index (χ4n) is 3.52. The average Bonchev–Trinajstić information content (AvgIpc) is 2.91. The zero-order valence-corrected chi connectivity index (χ0v) is 21.0. The summed E-state index contributed by atoms with van der Waals surface area (Å²) in [5.74, 6) is -3.16. The van der Waals surface area contributed by atoms with E-state index in [-0.39, 0.29) is 34.2 Å². The fourth-order valence-corrected chi connectivity index (χ4v) is 3.76. The van der Waals surface area contributed by atoms with Crippen molar-refractivity contribution in [1.82, 2.24) is 5.32 Å². The van der Waals surface area contributed by atoms with Crippen LogP contribution in [0.2, 0.25) is 5.02 Å². The van der Waals surface area contributed by atoms with E-state index >= 15 is 0 Å². The number of hydrogen-bond acceptors (Lipinski definition) is 7. The van der Waals surface area contributed by atoms with Gasteiger partial charge in [0.25, 0.3) is 17.7 Å². The Morgan fingerprint density at radius 1 is 1.03 bits per heavy atom. The average molecular weight is 552 g/mol. The Balaban J connectivity index is 1.47. The van der Waals surface area contributed by atoms with Crippen LogP contribution in [0.15, 0.2) is 72.3 Å². The molecular weight excluding hydrogens is 533 g/mol. The molecule has 198 valence electrons. The van der Waals surface area contributed by atoms with Gasteiger partial charge in [0.05, 0.1) is 23.4 Å². The standard InChI is InChI=1S/C27H19ClFN3O7/c1-38-26(36)16-3-9-19(10-4-16)32-25(35)20(24(34)31-27(32)37)12-15-2-11-22(21(28)13-15)39-14-23(33)30-18-7-5-17(29)6-8-18/h2-13H,14H2,1H3,(H,30,33)(H,31,34,37)/b20-12-. The summed E-state index contributed by atoms with van der Waals surface area (Å²) in [4.78, 5) is 62.5. The Bertz CT molecular complexity index is 1500. The van der Waals surface area contributed by atoms with Crippen LogP contribution in [0.3, 0.4) is 0 Å². The van der Waals surface area contributed by atoms with E-state index in [1.165, 1.54) is 79.9 Å². The number of carbonyl (C=O) groups excluding carboxylic acids is 5. The lowest BCUT2D eigenvalue weighted by molar-refractivity contribution is -0.122. The van der Waals surface area contributed by atoms with Gasteiger partial charge >= 0.3 is 12.0 Å². The second-order valence-corrected chi connectivity index (χ2v) is 8.44. The van der Waals surface area contributed by atoms with Crippen molar-refractivity contribution in [2.24, 2.45) is 0 Å². The van der Waals surface area contributed by atoms with Gasteiger partial charge in [-0.25, -0.2) is 18.9 Å². The van der Waals surface area contributed by atoms with Crippen molar-refractivity contribution in [3.8, 4) is 5.75 Å². The Hall–Kier alpha value is -5.03. The van der Waals surface area contributed by atoms with Crippen LogP contribution in [0.1, 0.15) is 15.9 Å². The molecule has 10 nitrogen and oxygen atoms in total. The lowest BCUT2D eigenvalue weighted by Crippen LogP contribution is -2.54. The number of imide groups is 2. The van der Waals surface area contributed by atoms with Gasteiger partial charge in [0.1, 0.15) is 17.1 Å². The van der Waals surface area contributed by atoms with Crippen molar-refractivity contribution in [2.45, 2.75) is 0 Å². The van der Waals surface area contributed by atoms with Crippen molar-refractivity contribution in [1.29, 1.82) is 0 Å². The van der Waals surface area contributed by atoms with Gasteiger partial charge in [-0.2, -0.15) is 0 Å². The van der Waals surface area contributed by atoms with Gasteiger partial charge in [-0.15, -0.1) is 0 Å². The quantitative estimate of drug-likeness (QED) is 0.258. The SMILES string of the molecule is COC(=O)c1ccc(N2C(=O)NC(=O)/C(=C/c3ccc(OCC(=O)Nc4ccc(F)cc4)c(Cl)c3)C2=O)cc1. The number of barbiturate groups is 1. The number of nitrogens with zero attached hydrogens (tertiary/aromatic N) is 1. The summed E-state index contributed by atoms with van der Waals surface area (Å²) in [7, 11) is 1.22. The third-order valence-corrected chi connectivity index (χ3v) is 5.70. The molecule has 0 aliphatic carbocycles. The second-order valence-electron chi connectivity index (χ2n) is 8.03. The minimum atomic E-state index is -0.950. The monoisotopic (exact) mass is 551 g/mol. The Morgan fingerprint density at radius 2 is 1.72 bits per heavy atom. The highest BCUT2D eigenvalue weighted by Crippen LogP contribution is 2.28. The topological polar surface area (TPSA) is 131 Å². The molecule has 1 fully saturated rings. The van der Waals surface area contributed by atoms with E-state index in [9.17, 15) is 28.4 Å². The molecule has 2 N–H and O–H groups in total. The highest BCUT2D eigenvalue weighted by atomic mass is 35.5. The first-order chi connectivity index (χ1) is 18.7. The van der Waals surface area contributed by atoms with Gasteiger partial charge in [-0.3, -0.25) is 19.7 Å². The third kappa shape index (κ3) is 6.28. The van der Waals surface area contributed by atoms with Crippen molar-refractivity contribution in [3.63, 3.8) is 0 Å². The maximum absolute atomic E-state index is 13.1. The zero-order valence-electron chi connectivity index (χ0n) is 20.2. The van der Waals surface area contributed by atoms with Crippen LogP contribution in [0.25, 0.3) is 6.08 Å². The predicted molar refractivity (Wildman–Crippen MR) is 139 cm³/mol. The molecule has 0 bridgehead atoms. The second kappa shape index (κ2) is 11.6. The van der Waals surface area contributed by atoms with E-state index < -0.39 is 35.5 Å². The van der Waals surface area contributed by atoms with Crippen LogP contribution < -0.4 is 20.3 Å². The van der Waals surface area contributed by atoms with Crippen LogP contribution >= 0.6 is 11.6 Å². The van der Waals surface area contributed by atoms with E-state index in [1.54, 1.807) is 0 Å². The van der Waals surface area contributed by atoms with Gasteiger partial charge < -0.3 is 14.8 Å². The number of benzene rings is 3. The molecule has 12 heteroatoms. The fraction of sp³-hybridized carbons (Fsp3) is 0.0741. The highest BCUT2D eigenvalue weighted by Gasteiger charge is 2.36. The van der Waals surface area contributed by atoms with E-state index in [4.69, 9.17) is 16.3 Å². The first kappa shape index (κ1) is 27.0. The molecule has 39 heavy (non-hydrogen) atoms. The molecule has 1 aliphatic rings. The zero-order chi connectivity index (χ0) is 28.1.